The zero-order valence-electron chi connectivity index (χ0n) is 12.8. The zero-order chi connectivity index (χ0) is 15.2. The van der Waals surface area contributed by atoms with Gasteiger partial charge in [0, 0.05) is 24.7 Å². The van der Waals surface area contributed by atoms with E-state index in [1.165, 1.54) is 0 Å². The number of ether oxygens (including phenoxy) is 1. The molecule has 0 saturated carbocycles. The first-order valence-corrected chi connectivity index (χ1v) is 8.45. The van der Waals surface area contributed by atoms with E-state index in [1.54, 1.807) is 11.3 Å². The minimum Gasteiger partial charge on any atom is -0.378 e. The number of morpholine rings is 1. The Morgan fingerprint density at radius 1 is 1.30 bits per heavy atom. The van der Waals surface area contributed by atoms with E-state index in [9.17, 15) is 4.79 Å². The second-order valence-electron chi connectivity index (χ2n) is 5.38. The molecule has 1 unspecified atom stereocenters. The van der Waals surface area contributed by atoms with Crippen LogP contribution in [0.3, 0.4) is 0 Å². The number of amides is 1. The van der Waals surface area contributed by atoms with Crippen LogP contribution < -0.4 is 10.2 Å². The van der Waals surface area contributed by atoms with Gasteiger partial charge in [0.1, 0.15) is 0 Å². The summed E-state index contributed by atoms with van der Waals surface area (Å²) in [5, 5.41) is 7.47. The molecule has 1 saturated heterocycles. The molecule has 0 aliphatic carbocycles. The summed E-state index contributed by atoms with van der Waals surface area (Å²) in [6.07, 6.45) is 0.457. The first-order valence-electron chi connectivity index (χ1n) is 7.50. The molecule has 3 rings (SSSR count). The average molecular weight is 353 g/mol. The molecule has 1 aliphatic rings. The molecule has 0 radical (unpaired) electrons. The Labute approximate surface area is 146 Å². The molecule has 2 aromatic rings. The number of anilines is 1. The van der Waals surface area contributed by atoms with Crippen LogP contribution in [0.4, 0.5) is 5.69 Å². The van der Waals surface area contributed by atoms with Crippen molar-refractivity contribution in [3.05, 3.63) is 52.7 Å². The van der Waals surface area contributed by atoms with Crippen LogP contribution in [0, 0.1) is 0 Å². The number of rotatable bonds is 5. The lowest BCUT2D eigenvalue weighted by Crippen LogP contribution is -2.45. The van der Waals surface area contributed by atoms with Crippen LogP contribution in [0.5, 0.6) is 0 Å². The first kappa shape index (κ1) is 17.9. The van der Waals surface area contributed by atoms with Crippen LogP contribution in [0.1, 0.15) is 12.0 Å². The second-order valence-corrected chi connectivity index (χ2v) is 6.16. The molecule has 1 aromatic heterocycles. The highest BCUT2D eigenvalue weighted by Gasteiger charge is 2.22. The van der Waals surface area contributed by atoms with E-state index in [-0.39, 0.29) is 24.4 Å². The van der Waals surface area contributed by atoms with E-state index < -0.39 is 0 Å². The van der Waals surface area contributed by atoms with Gasteiger partial charge in [-0.3, -0.25) is 4.79 Å². The van der Waals surface area contributed by atoms with Crippen molar-refractivity contribution in [1.29, 1.82) is 0 Å². The lowest BCUT2D eigenvalue weighted by atomic mass is 10.1. The third-order valence-corrected chi connectivity index (χ3v) is 4.44. The Morgan fingerprint density at radius 2 is 2.13 bits per heavy atom. The maximum Gasteiger partial charge on any atom is 0.228 e. The predicted octanol–water partition coefficient (Wildman–Crippen LogP) is 3.08. The Balaban J connectivity index is 0.00000192. The fourth-order valence-corrected chi connectivity index (χ4v) is 3.23. The van der Waals surface area contributed by atoms with Crippen LogP contribution in [0.25, 0.3) is 0 Å². The summed E-state index contributed by atoms with van der Waals surface area (Å²) < 4.78 is 5.44. The fraction of sp³-hybridized carbons (Fsp3) is 0.353. The standard InChI is InChI=1S/C17H20N2O2S.ClH/c20-17(10-15-12-21-8-7-18-15)19(11-14-6-9-22-13-14)16-4-2-1-3-5-16;/h1-6,9,13,15,18H,7-8,10-12H2;1H. The van der Waals surface area contributed by atoms with E-state index >= 15 is 0 Å². The number of hydrogen-bond acceptors (Lipinski definition) is 4. The fourth-order valence-electron chi connectivity index (χ4n) is 2.57. The molecule has 2 heterocycles. The van der Waals surface area contributed by atoms with E-state index in [4.69, 9.17) is 4.74 Å². The van der Waals surface area contributed by atoms with E-state index in [0.29, 0.717) is 19.6 Å². The number of hydrogen-bond donors (Lipinski definition) is 1. The Hall–Kier alpha value is -1.40. The van der Waals surface area contributed by atoms with Crippen LogP contribution in [-0.2, 0) is 16.1 Å². The van der Waals surface area contributed by atoms with Crippen molar-refractivity contribution in [1.82, 2.24) is 5.32 Å². The van der Waals surface area contributed by atoms with Crippen LogP contribution in [0.15, 0.2) is 47.2 Å². The normalized spacial score (nSPS) is 17.3. The molecule has 0 bridgehead atoms. The summed E-state index contributed by atoms with van der Waals surface area (Å²) in [5.74, 6) is 0.125. The topological polar surface area (TPSA) is 41.6 Å². The van der Waals surface area contributed by atoms with Gasteiger partial charge in [0.25, 0.3) is 0 Å². The molecule has 1 fully saturated rings. The van der Waals surface area contributed by atoms with E-state index in [0.717, 1.165) is 24.4 Å². The van der Waals surface area contributed by atoms with Gasteiger partial charge < -0.3 is 15.0 Å². The van der Waals surface area contributed by atoms with E-state index in [2.05, 4.69) is 16.8 Å². The number of carbonyl (C=O) groups excluding carboxylic acids is 1. The highest BCUT2D eigenvalue weighted by atomic mass is 35.5. The van der Waals surface area contributed by atoms with Crippen molar-refractivity contribution in [3.63, 3.8) is 0 Å². The summed E-state index contributed by atoms with van der Waals surface area (Å²) >= 11 is 1.65. The zero-order valence-corrected chi connectivity index (χ0v) is 14.4. The molecule has 4 nitrogen and oxygen atoms in total. The number of thiophene rings is 1. The van der Waals surface area contributed by atoms with Gasteiger partial charge in [-0.2, -0.15) is 11.3 Å². The quantitative estimate of drug-likeness (QED) is 0.899. The SMILES string of the molecule is Cl.O=C(CC1COCCN1)N(Cc1ccsc1)c1ccccc1. The molecule has 1 N–H and O–H groups in total. The largest absolute Gasteiger partial charge is 0.378 e. The molecule has 1 aliphatic heterocycles. The lowest BCUT2D eigenvalue weighted by molar-refractivity contribution is -0.119. The van der Waals surface area contributed by atoms with Crippen LogP contribution in [-0.4, -0.2) is 31.7 Å². The molecule has 1 atom stereocenters. The number of nitrogens with zero attached hydrogens (tertiary/aromatic N) is 1. The molecular weight excluding hydrogens is 332 g/mol. The molecular formula is C17H21ClN2O2S. The van der Waals surface area contributed by atoms with Crippen molar-refractivity contribution in [3.8, 4) is 0 Å². The van der Waals surface area contributed by atoms with Crippen molar-refractivity contribution >= 4 is 35.3 Å². The molecule has 124 valence electrons. The first-order chi connectivity index (χ1) is 10.8. The van der Waals surface area contributed by atoms with Crippen LogP contribution in [0.2, 0.25) is 0 Å². The third kappa shape index (κ3) is 5.04. The minimum absolute atomic E-state index is 0. The molecule has 1 aromatic carbocycles. The van der Waals surface area contributed by atoms with Gasteiger partial charge in [-0.15, -0.1) is 12.4 Å². The minimum atomic E-state index is 0. The van der Waals surface area contributed by atoms with Gasteiger partial charge in [0.15, 0.2) is 0 Å². The number of halogens is 1. The number of nitrogens with one attached hydrogen (secondary N) is 1. The highest BCUT2D eigenvalue weighted by Crippen LogP contribution is 2.20. The van der Waals surface area contributed by atoms with Gasteiger partial charge in [-0.05, 0) is 34.5 Å². The molecule has 6 heteroatoms. The number of para-hydroxylation sites is 1. The number of carbonyl (C=O) groups is 1. The van der Waals surface area contributed by atoms with Crippen molar-refractivity contribution in [2.24, 2.45) is 0 Å². The monoisotopic (exact) mass is 352 g/mol. The molecule has 23 heavy (non-hydrogen) atoms. The summed E-state index contributed by atoms with van der Waals surface area (Å²) in [4.78, 5) is 14.6. The van der Waals surface area contributed by atoms with Gasteiger partial charge in [0.2, 0.25) is 5.91 Å². The average Bonchev–Trinajstić information content (AvgIpc) is 3.07. The van der Waals surface area contributed by atoms with Gasteiger partial charge in [0.05, 0.1) is 19.8 Å². The second kappa shape index (κ2) is 9.03. The van der Waals surface area contributed by atoms with Gasteiger partial charge >= 0.3 is 0 Å². The van der Waals surface area contributed by atoms with Crippen molar-refractivity contribution < 1.29 is 9.53 Å². The van der Waals surface area contributed by atoms with E-state index in [1.807, 2.05) is 40.6 Å². The summed E-state index contributed by atoms with van der Waals surface area (Å²) in [6.45, 7) is 2.75. The Bertz CT molecular complexity index is 586. The Kier molecular flexibility index (Phi) is 7.05. The van der Waals surface area contributed by atoms with Crippen molar-refractivity contribution in [2.75, 3.05) is 24.7 Å². The van der Waals surface area contributed by atoms with Crippen LogP contribution >= 0.6 is 23.7 Å². The summed E-state index contributed by atoms with van der Waals surface area (Å²) in [5.41, 5.74) is 2.10. The smallest absolute Gasteiger partial charge is 0.228 e. The maximum absolute atomic E-state index is 12.8. The Morgan fingerprint density at radius 3 is 2.78 bits per heavy atom. The van der Waals surface area contributed by atoms with Crippen molar-refractivity contribution in [2.45, 2.75) is 19.0 Å². The summed E-state index contributed by atoms with van der Waals surface area (Å²) in [6, 6.07) is 12.0. The lowest BCUT2D eigenvalue weighted by Gasteiger charge is -2.27. The molecule has 0 spiro atoms. The summed E-state index contributed by atoms with van der Waals surface area (Å²) in [7, 11) is 0. The van der Waals surface area contributed by atoms with Gasteiger partial charge in [-0.1, -0.05) is 18.2 Å². The highest BCUT2D eigenvalue weighted by molar-refractivity contribution is 7.07. The van der Waals surface area contributed by atoms with Gasteiger partial charge in [-0.25, -0.2) is 0 Å². The number of benzene rings is 1. The maximum atomic E-state index is 12.8. The predicted molar refractivity (Wildman–Crippen MR) is 96.4 cm³/mol. The third-order valence-electron chi connectivity index (χ3n) is 3.71. The molecule has 1 amide bonds.